The first-order valence-electron chi connectivity index (χ1n) is 7.33. The van der Waals surface area contributed by atoms with Crippen LogP contribution < -0.4 is 0 Å². The Balaban J connectivity index is 2.03. The molecule has 2 aliphatic heterocycles. The lowest BCUT2D eigenvalue weighted by molar-refractivity contribution is -0.308. The molecule has 2 aliphatic carbocycles. The van der Waals surface area contributed by atoms with E-state index in [2.05, 4.69) is 0 Å². The van der Waals surface area contributed by atoms with Crippen LogP contribution in [0.25, 0.3) is 0 Å². The SMILES string of the molecule is CC1=CC[C@]2(O)[C@]3(C)COC(=O)[C@]3(O)[C@H]3C[C@@]12[C@@H](O)C(=O)O3. The number of carbonyl (C=O) groups is 2. The van der Waals surface area contributed by atoms with Gasteiger partial charge in [-0.3, -0.25) is 0 Å². The number of hydrogen-bond donors (Lipinski definition) is 3. The van der Waals surface area contributed by atoms with Gasteiger partial charge in [0, 0.05) is 6.42 Å². The van der Waals surface area contributed by atoms with Crippen molar-refractivity contribution < 1.29 is 34.4 Å². The standard InChI is InChI=1S/C15H18O7/c1-7-3-4-14(19)12(2)6-21-11(18)15(12,20)8-5-13(7,14)9(16)10(17)22-8/h3,8-9,16,19-20H,4-6H2,1-2H3/t8-,9+,12+,13+,14+,15-/m1/s1. The smallest absolute Gasteiger partial charge is 0.342 e. The minimum absolute atomic E-state index is 0.0140. The molecule has 3 N–H and O–H groups in total. The molecule has 0 radical (unpaired) electrons. The monoisotopic (exact) mass is 310 g/mol. The molecule has 1 saturated carbocycles. The van der Waals surface area contributed by atoms with Crippen molar-refractivity contribution in [3.63, 3.8) is 0 Å². The van der Waals surface area contributed by atoms with Crippen molar-refractivity contribution in [2.24, 2.45) is 10.8 Å². The molecule has 7 heteroatoms. The second kappa shape index (κ2) is 3.55. The van der Waals surface area contributed by atoms with Crippen LogP contribution in [0.1, 0.15) is 26.7 Å². The van der Waals surface area contributed by atoms with Crippen LogP contribution >= 0.6 is 0 Å². The summed E-state index contributed by atoms with van der Waals surface area (Å²) in [6, 6.07) is 0. The lowest BCUT2D eigenvalue weighted by Crippen LogP contribution is -2.80. The maximum atomic E-state index is 12.2. The van der Waals surface area contributed by atoms with Crippen molar-refractivity contribution in [1.82, 2.24) is 0 Å². The molecule has 0 aromatic carbocycles. The number of rotatable bonds is 0. The first-order chi connectivity index (χ1) is 10.1. The van der Waals surface area contributed by atoms with E-state index in [1.54, 1.807) is 19.9 Å². The number of esters is 2. The maximum Gasteiger partial charge on any atom is 0.342 e. The summed E-state index contributed by atoms with van der Waals surface area (Å²) in [5.41, 5.74) is -5.75. The zero-order valence-electron chi connectivity index (χ0n) is 12.3. The molecule has 22 heavy (non-hydrogen) atoms. The molecule has 6 atom stereocenters. The van der Waals surface area contributed by atoms with Gasteiger partial charge in [0.2, 0.25) is 5.60 Å². The molecule has 0 aromatic rings. The predicted octanol–water partition coefficient (Wildman–Crippen LogP) is -0.962. The average Bonchev–Trinajstić information content (AvgIpc) is 2.87. The van der Waals surface area contributed by atoms with Gasteiger partial charge in [-0.1, -0.05) is 11.6 Å². The Kier molecular flexibility index (Phi) is 2.29. The van der Waals surface area contributed by atoms with Gasteiger partial charge in [-0.25, -0.2) is 9.59 Å². The van der Waals surface area contributed by atoms with E-state index in [9.17, 15) is 24.9 Å². The fraction of sp³-hybridized carbons (Fsp3) is 0.733. The minimum atomic E-state index is -2.11. The van der Waals surface area contributed by atoms with Gasteiger partial charge in [0.15, 0.2) is 6.10 Å². The molecule has 120 valence electrons. The lowest BCUT2D eigenvalue weighted by Gasteiger charge is -2.64. The summed E-state index contributed by atoms with van der Waals surface area (Å²) < 4.78 is 10.2. The summed E-state index contributed by atoms with van der Waals surface area (Å²) >= 11 is 0. The minimum Gasteiger partial charge on any atom is -0.463 e. The van der Waals surface area contributed by atoms with Crippen molar-refractivity contribution in [3.8, 4) is 0 Å². The Hall–Kier alpha value is -1.44. The van der Waals surface area contributed by atoms with Crippen LogP contribution in [0.2, 0.25) is 0 Å². The first-order valence-corrected chi connectivity index (χ1v) is 7.33. The Morgan fingerprint density at radius 2 is 2.00 bits per heavy atom. The Bertz CT molecular complexity index is 642. The van der Waals surface area contributed by atoms with Crippen LogP contribution in [0.5, 0.6) is 0 Å². The number of fused-ring (bicyclic) bond motifs is 4. The van der Waals surface area contributed by atoms with Gasteiger partial charge in [0.05, 0.1) is 16.4 Å². The number of aliphatic hydroxyl groups is 3. The molecule has 4 aliphatic rings. The van der Waals surface area contributed by atoms with Gasteiger partial charge in [-0.15, -0.1) is 0 Å². The highest BCUT2D eigenvalue weighted by Gasteiger charge is 2.84. The van der Waals surface area contributed by atoms with Crippen LogP contribution in [0, 0.1) is 10.8 Å². The van der Waals surface area contributed by atoms with Gasteiger partial charge in [0.25, 0.3) is 0 Å². The van der Waals surface area contributed by atoms with E-state index in [0.717, 1.165) is 0 Å². The van der Waals surface area contributed by atoms with Gasteiger partial charge >= 0.3 is 11.9 Å². The third-order valence-corrected chi connectivity index (χ3v) is 6.62. The fourth-order valence-corrected chi connectivity index (χ4v) is 5.14. The molecule has 3 fully saturated rings. The maximum absolute atomic E-state index is 12.2. The molecule has 0 amide bonds. The molecule has 0 aromatic heterocycles. The van der Waals surface area contributed by atoms with Crippen molar-refractivity contribution in [2.45, 2.75) is 50.1 Å². The third kappa shape index (κ3) is 1.03. The van der Waals surface area contributed by atoms with Crippen LogP contribution in [0.3, 0.4) is 0 Å². The molecular formula is C15H18O7. The highest BCUT2D eigenvalue weighted by atomic mass is 16.6. The number of aliphatic hydroxyl groups excluding tert-OH is 1. The molecule has 4 rings (SSSR count). The van der Waals surface area contributed by atoms with E-state index in [4.69, 9.17) is 9.47 Å². The molecular weight excluding hydrogens is 292 g/mol. The number of ether oxygens (including phenoxy) is 2. The average molecular weight is 310 g/mol. The van der Waals surface area contributed by atoms with E-state index >= 15 is 0 Å². The van der Waals surface area contributed by atoms with E-state index < -0.39 is 46.2 Å². The van der Waals surface area contributed by atoms with E-state index in [-0.39, 0.29) is 19.4 Å². The summed E-state index contributed by atoms with van der Waals surface area (Å²) in [6.45, 7) is 3.10. The van der Waals surface area contributed by atoms with Crippen LogP contribution in [-0.2, 0) is 19.1 Å². The van der Waals surface area contributed by atoms with Gasteiger partial charge in [-0.2, -0.15) is 0 Å². The number of cyclic esters (lactones) is 1. The van der Waals surface area contributed by atoms with Crippen molar-refractivity contribution in [2.75, 3.05) is 6.61 Å². The van der Waals surface area contributed by atoms with Gasteiger partial charge < -0.3 is 24.8 Å². The lowest BCUT2D eigenvalue weighted by atomic mass is 9.44. The Morgan fingerprint density at radius 3 is 2.68 bits per heavy atom. The number of hydrogen-bond acceptors (Lipinski definition) is 7. The Morgan fingerprint density at radius 1 is 1.32 bits per heavy atom. The van der Waals surface area contributed by atoms with Crippen LogP contribution in [0.15, 0.2) is 11.6 Å². The molecule has 2 heterocycles. The topological polar surface area (TPSA) is 113 Å². The van der Waals surface area contributed by atoms with Gasteiger partial charge in [0.1, 0.15) is 12.7 Å². The molecule has 2 saturated heterocycles. The number of carbonyl (C=O) groups excluding carboxylic acids is 2. The van der Waals surface area contributed by atoms with E-state index in [1.165, 1.54) is 0 Å². The molecule has 2 bridgehead atoms. The van der Waals surface area contributed by atoms with Crippen molar-refractivity contribution in [1.29, 1.82) is 0 Å². The normalized spacial score (nSPS) is 56.0. The molecule has 1 spiro atoms. The summed E-state index contributed by atoms with van der Waals surface area (Å²) in [5, 5.41) is 33.0. The van der Waals surface area contributed by atoms with Crippen molar-refractivity contribution >= 4 is 11.9 Å². The largest absolute Gasteiger partial charge is 0.463 e. The summed E-state index contributed by atoms with van der Waals surface area (Å²) in [5.74, 6) is -1.82. The summed E-state index contributed by atoms with van der Waals surface area (Å²) in [7, 11) is 0. The second-order valence-corrected chi connectivity index (χ2v) is 7.13. The van der Waals surface area contributed by atoms with E-state index in [0.29, 0.717) is 5.57 Å². The zero-order valence-corrected chi connectivity index (χ0v) is 12.3. The highest BCUT2D eigenvalue weighted by Crippen LogP contribution is 2.70. The fourth-order valence-electron chi connectivity index (χ4n) is 5.14. The molecule has 7 nitrogen and oxygen atoms in total. The predicted molar refractivity (Wildman–Crippen MR) is 70.3 cm³/mol. The van der Waals surface area contributed by atoms with Crippen molar-refractivity contribution in [3.05, 3.63) is 11.6 Å². The Labute approximate surface area is 126 Å². The molecule has 0 unspecified atom stereocenters. The first kappa shape index (κ1) is 14.2. The quantitative estimate of drug-likeness (QED) is 0.390. The van der Waals surface area contributed by atoms with Gasteiger partial charge in [-0.05, 0) is 20.3 Å². The summed E-state index contributed by atoms with van der Waals surface area (Å²) in [4.78, 5) is 24.3. The zero-order chi connectivity index (χ0) is 16.1. The van der Waals surface area contributed by atoms with Crippen LogP contribution in [-0.4, -0.2) is 57.3 Å². The second-order valence-electron chi connectivity index (χ2n) is 7.13. The van der Waals surface area contributed by atoms with Crippen LogP contribution in [0.4, 0.5) is 0 Å². The van der Waals surface area contributed by atoms with E-state index in [1.807, 2.05) is 0 Å². The third-order valence-electron chi connectivity index (χ3n) is 6.62. The highest BCUT2D eigenvalue weighted by molar-refractivity contribution is 5.88. The summed E-state index contributed by atoms with van der Waals surface area (Å²) in [6.07, 6.45) is -0.820.